The largest absolute Gasteiger partial charge is 0.370 e. The Bertz CT molecular complexity index is 389. The summed E-state index contributed by atoms with van der Waals surface area (Å²) in [6.45, 7) is 7.20. The molecule has 1 aromatic heterocycles. The number of rotatable bonds is 7. The Morgan fingerprint density at radius 1 is 1.39 bits per heavy atom. The van der Waals surface area contributed by atoms with Gasteiger partial charge < -0.3 is 16.0 Å². The lowest BCUT2D eigenvalue weighted by Gasteiger charge is -2.23. The lowest BCUT2D eigenvalue weighted by Crippen LogP contribution is -2.28. The molecule has 0 radical (unpaired) electrons. The molecule has 2 rings (SSSR count). The van der Waals surface area contributed by atoms with Crippen LogP contribution in [-0.4, -0.2) is 29.6 Å². The van der Waals surface area contributed by atoms with Crippen molar-refractivity contribution in [1.82, 2.24) is 9.97 Å². The number of nitrogens with two attached hydrogens (primary N) is 1. The molecule has 0 spiro atoms. The van der Waals surface area contributed by atoms with Gasteiger partial charge in [0.25, 0.3) is 0 Å². The van der Waals surface area contributed by atoms with Crippen LogP contribution >= 0.6 is 0 Å². The summed E-state index contributed by atoms with van der Waals surface area (Å²) in [5, 5.41) is 3.20. The van der Waals surface area contributed by atoms with E-state index in [4.69, 9.17) is 5.73 Å². The molecule has 0 aromatic carbocycles. The standard InChI is InChI=1S/C13H23N5/c1-3-7-18(9-10-5-6-10)12-8-11(15-4-2)16-13(14)17-12/h8,10H,3-7,9H2,1-2H3,(H3,14,15,16,17). The van der Waals surface area contributed by atoms with Crippen LogP contribution in [0.25, 0.3) is 0 Å². The average molecular weight is 249 g/mol. The molecular weight excluding hydrogens is 226 g/mol. The van der Waals surface area contributed by atoms with Crippen LogP contribution in [0.1, 0.15) is 33.1 Å². The van der Waals surface area contributed by atoms with Crippen LogP contribution in [0.4, 0.5) is 17.6 Å². The molecule has 1 heterocycles. The highest BCUT2D eigenvalue weighted by Crippen LogP contribution is 2.31. The van der Waals surface area contributed by atoms with Crippen molar-refractivity contribution >= 4 is 17.6 Å². The van der Waals surface area contributed by atoms with Crippen LogP contribution in [0, 0.1) is 5.92 Å². The zero-order valence-electron chi connectivity index (χ0n) is 11.3. The Balaban J connectivity index is 2.15. The smallest absolute Gasteiger partial charge is 0.223 e. The van der Waals surface area contributed by atoms with Crippen molar-refractivity contribution in [2.45, 2.75) is 33.1 Å². The summed E-state index contributed by atoms with van der Waals surface area (Å²) in [4.78, 5) is 10.9. The van der Waals surface area contributed by atoms with E-state index in [1.54, 1.807) is 0 Å². The van der Waals surface area contributed by atoms with Crippen molar-refractivity contribution in [3.63, 3.8) is 0 Å². The summed E-state index contributed by atoms with van der Waals surface area (Å²) < 4.78 is 0. The molecule has 1 aliphatic carbocycles. The van der Waals surface area contributed by atoms with Gasteiger partial charge >= 0.3 is 0 Å². The summed E-state index contributed by atoms with van der Waals surface area (Å²) in [6.07, 6.45) is 3.81. The van der Waals surface area contributed by atoms with E-state index in [0.29, 0.717) is 5.95 Å². The first-order valence-electron chi connectivity index (χ1n) is 6.86. The zero-order chi connectivity index (χ0) is 13.0. The van der Waals surface area contributed by atoms with Gasteiger partial charge in [0.15, 0.2) is 0 Å². The molecular formula is C13H23N5. The molecule has 0 bridgehead atoms. The van der Waals surface area contributed by atoms with Gasteiger partial charge in [-0.2, -0.15) is 9.97 Å². The second-order valence-electron chi connectivity index (χ2n) is 4.89. The summed E-state index contributed by atoms with van der Waals surface area (Å²) in [6, 6.07) is 2.00. The number of nitrogen functional groups attached to an aromatic ring is 1. The van der Waals surface area contributed by atoms with Gasteiger partial charge in [-0.3, -0.25) is 0 Å². The zero-order valence-corrected chi connectivity index (χ0v) is 11.3. The van der Waals surface area contributed by atoms with Crippen molar-refractivity contribution in [3.8, 4) is 0 Å². The second-order valence-corrected chi connectivity index (χ2v) is 4.89. The van der Waals surface area contributed by atoms with Gasteiger partial charge in [0, 0.05) is 25.7 Å². The van der Waals surface area contributed by atoms with E-state index < -0.39 is 0 Å². The number of nitrogens with one attached hydrogen (secondary N) is 1. The second kappa shape index (κ2) is 5.89. The fraction of sp³-hybridized carbons (Fsp3) is 0.692. The molecule has 1 fully saturated rings. The van der Waals surface area contributed by atoms with Gasteiger partial charge in [0.2, 0.25) is 5.95 Å². The SMILES string of the molecule is CCCN(CC1CC1)c1cc(NCC)nc(N)n1. The third kappa shape index (κ3) is 3.48. The summed E-state index contributed by atoms with van der Waals surface area (Å²) in [7, 11) is 0. The highest BCUT2D eigenvalue weighted by molar-refractivity contribution is 5.52. The van der Waals surface area contributed by atoms with Crippen molar-refractivity contribution in [2.24, 2.45) is 5.92 Å². The Hall–Kier alpha value is -1.52. The molecule has 0 amide bonds. The van der Waals surface area contributed by atoms with Gasteiger partial charge in [0.1, 0.15) is 11.6 Å². The lowest BCUT2D eigenvalue weighted by atomic mass is 10.3. The normalized spacial score (nSPS) is 14.6. The maximum absolute atomic E-state index is 5.78. The highest BCUT2D eigenvalue weighted by atomic mass is 15.2. The minimum atomic E-state index is 0.348. The molecule has 3 N–H and O–H groups in total. The van der Waals surface area contributed by atoms with Crippen LogP contribution in [0.3, 0.4) is 0 Å². The molecule has 5 nitrogen and oxygen atoms in total. The van der Waals surface area contributed by atoms with Crippen molar-refractivity contribution in [3.05, 3.63) is 6.07 Å². The van der Waals surface area contributed by atoms with E-state index in [9.17, 15) is 0 Å². The van der Waals surface area contributed by atoms with Crippen LogP contribution < -0.4 is 16.0 Å². The van der Waals surface area contributed by atoms with Gasteiger partial charge in [-0.25, -0.2) is 0 Å². The van der Waals surface area contributed by atoms with E-state index in [1.165, 1.54) is 12.8 Å². The minimum Gasteiger partial charge on any atom is -0.370 e. The summed E-state index contributed by atoms with van der Waals surface area (Å²) in [5.41, 5.74) is 5.78. The maximum Gasteiger partial charge on any atom is 0.223 e. The van der Waals surface area contributed by atoms with Gasteiger partial charge in [-0.05, 0) is 32.1 Å². The molecule has 100 valence electrons. The minimum absolute atomic E-state index is 0.348. The number of anilines is 3. The van der Waals surface area contributed by atoms with Crippen LogP contribution in [0.5, 0.6) is 0 Å². The molecule has 1 aliphatic rings. The van der Waals surface area contributed by atoms with Gasteiger partial charge in [-0.1, -0.05) is 6.92 Å². The number of hydrogen-bond donors (Lipinski definition) is 2. The highest BCUT2D eigenvalue weighted by Gasteiger charge is 2.25. The molecule has 0 saturated heterocycles. The Kier molecular flexibility index (Phi) is 4.23. The third-order valence-electron chi connectivity index (χ3n) is 3.08. The Morgan fingerprint density at radius 2 is 2.17 bits per heavy atom. The first kappa shape index (κ1) is 12.9. The van der Waals surface area contributed by atoms with Crippen molar-refractivity contribution < 1.29 is 0 Å². The van der Waals surface area contributed by atoms with E-state index in [2.05, 4.69) is 27.1 Å². The van der Waals surface area contributed by atoms with Crippen molar-refractivity contribution in [1.29, 1.82) is 0 Å². The third-order valence-corrected chi connectivity index (χ3v) is 3.08. The average Bonchev–Trinajstić information content (AvgIpc) is 3.12. The van der Waals surface area contributed by atoms with Crippen LogP contribution in [0.2, 0.25) is 0 Å². The molecule has 5 heteroatoms. The summed E-state index contributed by atoms with van der Waals surface area (Å²) in [5.74, 6) is 2.96. The lowest BCUT2D eigenvalue weighted by molar-refractivity contribution is 0.699. The molecule has 0 unspecified atom stereocenters. The number of aromatic nitrogens is 2. The molecule has 18 heavy (non-hydrogen) atoms. The van der Waals surface area contributed by atoms with Crippen molar-refractivity contribution in [2.75, 3.05) is 35.6 Å². The first-order chi connectivity index (χ1) is 8.72. The van der Waals surface area contributed by atoms with E-state index in [0.717, 1.165) is 43.6 Å². The predicted molar refractivity (Wildman–Crippen MR) is 75.8 cm³/mol. The maximum atomic E-state index is 5.78. The fourth-order valence-corrected chi connectivity index (χ4v) is 2.07. The number of hydrogen-bond acceptors (Lipinski definition) is 5. The van der Waals surface area contributed by atoms with Crippen LogP contribution in [-0.2, 0) is 0 Å². The molecule has 0 atom stereocenters. The molecule has 1 aromatic rings. The quantitative estimate of drug-likeness (QED) is 0.774. The summed E-state index contributed by atoms with van der Waals surface area (Å²) >= 11 is 0. The predicted octanol–water partition coefficient (Wildman–Crippen LogP) is 2.12. The Morgan fingerprint density at radius 3 is 2.78 bits per heavy atom. The van der Waals surface area contributed by atoms with Gasteiger partial charge in [-0.15, -0.1) is 0 Å². The van der Waals surface area contributed by atoms with E-state index >= 15 is 0 Å². The Labute approximate surface area is 109 Å². The van der Waals surface area contributed by atoms with E-state index in [-0.39, 0.29) is 0 Å². The fourth-order valence-electron chi connectivity index (χ4n) is 2.07. The topological polar surface area (TPSA) is 67.1 Å². The van der Waals surface area contributed by atoms with E-state index in [1.807, 2.05) is 13.0 Å². The molecule has 1 saturated carbocycles. The monoisotopic (exact) mass is 249 g/mol. The van der Waals surface area contributed by atoms with Gasteiger partial charge in [0.05, 0.1) is 0 Å². The van der Waals surface area contributed by atoms with Crippen LogP contribution in [0.15, 0.2) is 6.07 Å². The first-order valence-corrected chi connectivity index (χ1v) is 6.86. The number of nitrogens with zero attached hydrogens (tertiary/aromatic N) is 3. The molecule has 0 aliphatic heterocycles.